The monoisotopic (exact) mass is 639 g/mol. The summed E-state index contributed by atoms with van der Waals surface area (Å²) in [7, 11) is 0. The summed E-state index contributed by atoms with van der Waals surface area (Å²) in [6.07, 6.45) is 0. The van der Waals surface area contributed by atoms with Crippen LogP contribution in [0.15, 0.2) is 171 Å². The molecule has 1 nitrogen and oxygen atoms in total. The van der Waals surface area contributed by atoms with Gasteiger partial charge in [-0.25, -0.2) is 0 Å². The van der Waals surface area contributed by atoms with E-state index >= 15 is 0 Å². The summed E-state index contributed by atoms with van der Waals surface area (Å²) < 4.78 is 5.12. The first-order valence-corrected chi connectivity index (χ1v) is 17.9. The summed E-state index contributed by atoms with van der Waals surface area (Å²) in [4.78, 5) is 5.34. The van der Waals surface area contributed by atoms with Gasteiger partial charge in [0.15, 0.2) is 0 Å². The van der Waals surface area contributed by atoms with Gasteiger partial charge in [-0.3, -0.25) is 0 Å². The Bertz CT molecular complexity index is 2660. The molecule has 0 atom stereocenters. The van der Waals surface area contributed by atoms with E-state index in [0.717, 1.165) is 0 Å². The molecule has 0 fully saturated rings. The number of para-hydroxylation sites is 1. The predicted molar refractivity (Wildman–Crippen MR) is 199 cm³/mol. The molecule has 0 radical (unpaired) electrons. The zero-order chi connectivity index (χ0) is 30.2. The normalized spacial score (nSPS) is 12.6. The summed E-state index contributed by atoms with van der Waals surface area (Å²) in [6, 6.07) is 55.8. The molecule has 0 spiro atoms. The van der Waals surface area contributed by atoms with Crippen LogP contribution in [0.25, 0.3) is 69.9 Å². The summed E-state index contributed by atoms with van der Waals surface area (Å²) in [6.45, 7) is 0. The molecule has 7 aromatic carbocycles. The number of nitrogens with zero attached hydrogens (tertiary/aromatic N) is 1. The molecule has 3 heterocycles. The highest BCUT2D eigenvalue weighted by molar-refractivity contribution is 8.05. The molecule has 10 rings (SSSR count). The van der Waals surface area contributed by atoms with Crippen molar-refractivity contribution in [1.29, 1.82) is 0 Å². The predicted octanol–water partition coefficient (Wildman–Crippen LogP) is 13.1. The van der Waals surface area contributed by atoms with Crippen LogP contribution < -0.4 is 0 Å². The van der Waals surface area contributed by atoms with E-state index in [1.54, 1.807) is 0 Å². The van der Waals surface area contributed by atoms with Gasteiger partial charge < -0.3 is 4.57 Å². The van der Waals surface area contributed by atoms with Crippen LogP contribution in [0.1, 0.15) is 0 Å². The Kier molecular flexibility index (Phi) is 5.98. The van der Waals surface area contributed by atoms with Gasteiger partial charge in [-0.15, -0.1) is 11.3 Å². The van der Waals surface area contributed by atoms with Crippen molar-refractivity contribution in [3.63, 3.8) is 0 Å². The van der Waals surface area contributed by atoms with E-state index in [1.807, 2.05) is 34.9 Å². The standard InChI is InChI=1S/C42H25NS3/c1-3-15-33-30(12-1)32-25-27(22-23-34(32)43(33)35-16-9-20-39-41(35)31-13-2-4-17-36(31)44-39)26-10-7-11-28(24-26)29-14-8-21-40-42(29)46-38-19-6-5-18-37(38)45-40/h1-25H. The van der Waals surface area contributed by atoms with Crippen LogP contribution in [0.2, 0.25) is 0 Å². The van der Waals surface area contributed by atoms with Crippen molar-refractivity contribution >= 4 is 76.8 Å². The van der Waals surface area contributed by atoms with E-state index in [9.17, 15) is 0 Å². The van der Waals surface area contributed by atoms with E-state index in [1.165, 1.54) is 89.5 Å². The van der Waals surface area contributed by atoms with E-state index < -0.39 is 0 Å². The maximum absolute atomic E-state index is 2.47. The van der Waals surface area contributed by atoms with Gasteiger partial charge in [0.1, 0.15) is 0 Å². The van der Waals surface area contributed by atoms with E-state index in [0.29, 0.717) is 0 Å². The quantitative estimate of drug-likeness (QED) is 0.190. The second-order valence-corrected chi connectivity index (χ2v) is 14.9. The van der Waals surface area contributed by atoms with E-state index in [2.05, 4.69) is 156 Å². The fourth-order valence-electron chi connectivity index (χ4n) is 7.00. The van der Waals surface area contributed by atoms with Crippen molar-refractivity contribution in [2.75, 3.05) is 0 Å². The smallest absolute Gasteiger partial charge is 0.0555 e. The van der Waals surface area contributed by atoms with E-state index in [4.69, 9.17) is 0 Å². The van der Waals surface area contributed by atoms with Gasteiger partial charge in [0.2, 0.25) is 0 Å². The lowest BCUT2D eigenvalue weighted by atomic mass is 9.98. The van der Waals surface area contributed by atoms with Gasteiger partial charge in [-0.2, -0.15) is 0 Å². The molecule has 216 valence electrons. The van der Waals surface area contributed by atoms with Crippen molar-refractivity contribution in [1.82, 2.24) is 4.57 Å². The van der Waals surface area contributed by atoms with Crippen LogP contribution in [-0.2, 0) is 0 Å². The molecule has 4 heteroatoms. The summed E-state index contributed by atoms with van der Waals surface area (Å²) >= 11 is 5.63. The first kappa shape index (κ1) is 26.5. The van der Waals surface area contributed by atoms with Crippen molar-refractivity contribution < 1.29 is 0 Å². The Morgan fingerprint density at radius 3 is 2.02 bits per heavy atom. The number of hydrogen-bond donors (Lipinski definition) is 0. The third-order valence-electron chi connectivity index (χ3n) is 9.06. The number of hydrogen-bond acceptors (Lipinski definition) is 3. The number of aromatic nitrogens is 1. The third kappa shape index (κ3) is 4.04. The molecule has 0 bridgehead atoms. The van der Waals surface area contributed by atoms with Gasteiger partial charge >= 0.3 is 0 Å². The van der Waals surface area contributed by atoms with Crippen LogP contribution in [0, 0.1) is 0 Å². The topological polar surface area (TPSA) is 4.93 Å². The molecule has 1 aliphatic rings. The molecule has 0 saturated carbocycles. The van der Waals surface area contributed by atoms with Crippen molar-refractivity contribution in [2.45, 2.75) is 19.6 Å². The Labute approximate surface area is 279 Å². The fraction of sp³-hybridized carbons (Fsp3) is 0. The number of thiophene rings is 1. The molecule has 9 aromatic rings. The molecule has 0 unspecified atom stereocenters. The number of benzene rings is 7. The van der Waals surface area contributed by atoms with Crippen LogP contribution in [0.3, 0.4) is 0 Å². The summed E-state index contributed by atoms with van der Waals surface area (Å²) in [5, 5.41) is 5.19. The highest BCUT2D eigenvalue weighted by Gasteiger charge is 2.21. The first-order valence-electron chi connectivity index (χ1n) is 15.4. The molecule has 0 saturated heterocycles. The second-order valence-electron chi connectivity index (χ2n) is 11.7. The maximum Gasteiger partial charge on any atom is 0.0555 e. The van der Waals surface area contributed by atoms with Crippen molar-refractivity contribution in [2.24, 2.45) is 0 Å². The van der Waals surface area contributed by atoms with Gasteiger partial charge in [-0.1, -0.05) is 115 Å². The lowest BCUT2D eigenvalue weighted by molar-refractivity contribution is 1.16. The zero-order valence-electron chi connectivity index (χ0n) is 24.6. The minimum absolute atomic E-state index is 1.23. The lowest BCUT2D eigenvalue weighted by Crippen LogP contribution is -1.94. The van der Waals surface area contributed by atoms with Crippen LogP contribution in [0.5, 0.6) is 0 Å². The molecule has 2 aromatic heterocycles. The summed E-state index contributed by atoms with van der Waals surface area (Å²) in [5.74, 6) is 0. The number of rotatable bonds is 3. The average molecular weight is 640 g/mol. The zero-order valence-corrected chi connectivity index (χ0v) is 27.1. The molecular formula is C42H25NS3. The van der Waals surface area contributed by atoms with Crippen LogP contribution >= 0.6 is 34.9 Å². The minimum Gasteiger partial charge on any atom is -0.309 e. The minimum atomic E-state index is 1.23. The third-order valence-corrected chi connectivity index (χ3v) is 12.8. The highest BCUT2D eigenvalue weighted by atomic mass is 32.2. The lowest BCUT2D eigenvalue weighted by Gasteiger charge is -2.21. The summed E-state index contributed by atoms with van der Waals surface area (Å²) in [5.41, 5.74) is 8.70. The van der Waals surface area contributed by atoms with Crippen LogP contribution in [0.4, 0.5) is 0 Å². The first-order chi connectivity index (χ1) is 22.8. The molecule has 0 N–H and O–H groups in total. The molecule has 0 amide bonds. The van der Waals surface area contributed by atoms with Crippen molar-refractivity contribution in [3.8, 4) is 27.9 Å². The molecule has 46 heavy (non-hydrogen) atoms. The molecule has 0 aliphatic carbocycles. The average Bonchev–Trinajstić information content (AvgIpc) is 3.66. The van der Waals surface area contributed by atoms with Gasteiger partial charge in [0, 0.05) is 50.5 Å². The number of fused-ring (bicyclic) bond motifs is 8. The van der Waals surface area contributed by atoms with E-state index in [-0.39, 0.29) is 0 Å². The second kappa shape index (κ2) is 10.4. The maximum atomic E-state index is 2.47. The fourth-order valence-corrected chi connectivity index (χ4v) is 10.5. The Balaban J connectivity index is 1.13. The van der Waals surface area contributed by atoms with Gasteiger partial charge in [0.25, 0.3) is 0 Å². The van der Waals surface area contributed by atoms with Gasteiger partial charge in [0.05, 0.1) is 16.7 Å². The Morgan fingerprint density at radius 1 is 0.413 bits per heavy atom. The Morgan fingerprint density at radius 2 is 1.09 bits per heavy atom. The van der Waals surface area contributed by atoms with Crippen LogP contribution in [-0.4, -0.2) is 4.57 Å². The highest BCUT2D eigenvalue weighted by Crippen LogP contribution is 2.52. The molecular weight excluding hydrogens is 615 g/mol. The van der Waals surface area contributed by atoms with Gasteiger partial charge in [-0.05, 0) is 82.9 Å². The van der Waals surface area contributed by atoms with Crippen molar-refractivity contribution in [3.05, 3.63) is 152 Å². The SMILES string of the molecule is c1cc(-c2ccc3c(c2)c2ccccc2n3-c2cccc3sc4ccccc4c23)cc(-c2cccc3c2Sc2ccccc2S3)c1. The molecule has 1 aliphatic heterocycles. The largest absolute Gasteiger partial charge is 0.309 e. The Hall–Kier alpha value is -4.74.